The highest BCUT2D eigenvalue weighted by molar-refractivity contribution is 6.09. The molecular weight excluding hydrogens is 398 g/mol. The third kappa shape index (κ3) is 3.75. The number of aromatic nitrogens is 5. The third-order valence-electron chi connectivity index (χ3n) is 5.69. The molecule has 0 aliphatic heterocycles. The summed E-state index contributed by atoms with van der Waals surface area (Å²) in [6.07, 6.45) is 6.06. The van der Waals surface area contributed by atoms with Gasteiger partial charge in [-0.2, -0.15) is 0 Å². The molecule has 0 fully saturated rings. The van der Waals surface area contributed by atoms with Gasteiger partial charge in [-0.15, -0.1) is 5.10 Å². The van der Waals surface area contributed by atoms with E-state index in [-0.39, 0.29) is 0 Å². The molecule has 32 heavy (non-hydrogen) atoms. The molecule has 0 saturated heterocycles. The molecule has 0 saturated carbocycles. The highest BCUT2D eigenvalue weighted by Gasteiger charge is 2.15. The SMILES string of the molecule is COc1ccc2c3ccnc(C)c3n(Cc3cn(C/C(C)=C/c4ccccc4)nn3)c2c1. The predicted octanol–water partition coefficient (Wildman–Crippen LogP) is 5.25. The molecule has 5 aromatic rings. The van der Waals surface area contributed by atoms with Crippen LogP contribution in [0.2, 0.25) is 0 Å². The van der Waals surface area contributed by atoms with E-state index >= 15 is 0 Å². The molecule has 3 aromatic heterocycles. The number of methoxy groups -OCH3 is 1. The summed E-state index contributed by atoms with van der Waals surface area (Å²) in [5, 5.41) is 11.2. The highest BCUT2D eigenvalue weighted by Crippen LogP contribution is 2.33. The van der Waals surface area contributed by atoms with E-state index in [2.05, 4.69) is 63.2 Å². The Morgan fingerprint density at radius 3 is 2.72 bits per heavy atom. The summed E-state index contributed by atoms with van der Waals surface area (Å²) < 4.78 is 9.64. The van der Waals surface area contributed by atoms with Crippen molar-refractivity contribution in [1.82, 2.24) is 24.5 Å². The van der Waals surface area contributed by atoms with Gasteiger partial charge >= 0.3 is 0 Å². The first-order chi connectivity index (χ1) is 15.6. The quantitative estimate of drug-likeness (QED) is 0.374. The number of hydrogen-bond acceptors (Lipinski definition) is 4. The van der Waals surface area contributed by atoms with E-state index < -0.39 is 0 Å². The number of fused-ring (bicyclic) bond motifs is 3. The van der Waals surface area contributed by atoms with Crippen molar-refractivity contribution in [2.45, 2.75) is 26.9 Å². The van der Waals surface area contributed by atoms with Gasteiger partial charge in [0.2, 0.25) is 0 Å². The van der Waals surface area contributed by atoms with Gasteiger partial charge in [-0.1, -0.05) is 47.2 Å². The van der Waals surface area contributed by atoms with Gasteiger partial charge < -0.3 is 9.30 Å². The van der Waals surface area contributed by atoms with E-state index in [1.807, 2.05) is 48.3 Å². The second kappa shape index (κ2) is 8.30. The molecule has 0 aliphatic rings. The van der Waals surface area contributed by atoms with Crippen LogP contribution in [0.4, 0.5) is 0 Å². The molecule has 2 aromatic carbocycles. The van der Waals surface area contributed by atoms with Crippen molar-refractivity contribution in [3.63, 3.8) is 0 Å². The van der Waals surface area contributed by atoms with Crippen LogP contribution in [0, 0.1) is 6.92 Å². The molecule has 0 aliphatic carbocycles. The monoisotopic (exact) mass is 423 g/mol. The van der Waals surface area contributed by atoms with E-state index in [9.17, 15) is 0 Å². The fourth-order valence-electron chi connectivity index (χ4n) is 4.28. The molecular formula is C26H25N5O. The van der Waals surface area contributed by atoms with E-state index in [4.69, 9.17) is 4.74 Å². The van der Waals surface area contributed by atoms with Crippen molar-refractivity contribution in [2.75, 3.05) is 7.11 Å². The van der Waals surface area contributed by atoms with Crippen LogP contribution in [-0.4, -0.2) is 31.7 Å². The minimum atomic E-state index is 0.612. The maximum absolute atomic E-state index is 5.48. The van der Waals surface area contributed by atoms with Crippen molar-refractivity contribution >= 4 is 27.9 Å². The zero-order valence-electron chi connectivity index (χ0n) is 18.5. The van der Waals surface area contributed by atoms with Crippen molar-refractivity contribution < 1.29 is 4.74 Å². The smallest absolute Gasteiger partial charge is 0.120 e. The first-order valence-electron chi connectivity index (χ1n) is 10.6. The summed E-state index contributed by atoms with van der Waals surface area (Å²) >= 11 is 0. The normalized spacial score (nSPS) is 12.0. The molecule has 0 atom stereocenters. The Morgan fingerprint density at radius 2 is 1.91 bits per heavy atom. The molecule has 0 bridgehead atoms. The average molecular weight is 424 g/mol. The van der Waals surface area contributed by atoms with Gasteiger partial charge in [0.25, 0.3) is 0 Å². The van der Waals surface area contributed by atoms with Crippen molar-refractivity contribution in [3.05, 3.63) is 89.5 Å². The summed E-state index contributed by atoms with van der Waals surface area (Å²) in [6.45, 7) is 5.47. The Bertz CT molecular complexity index is 1430. The number of nitrogens with zero attached hydrogens (tertiary/aromatic N) is 5. The van der Waals surface area contributed by atoms with Crippen LogP contribution in [0.3, 0.4) is 0 Å². The molecule has 160 valence electrons. The number of benzene rings is 2. The summed E-state index contributed by atoms with van der Waals surface area (Å²) in [4.78, 5) is 4.53. The van der Waals surface area contributed by atoms with Gasteiger partial charge in [-0.05, 0) is 37.6 Å². The number of hydrogen-bond donors (Lipinski definition) is 0. The zero-order valence-corrected chi connectivity index (χ0v) is 18.5. The van der Waals surface area contributed by atoms with E-state index in [1.165, 1.54) is 21.9 Å². The molecule has 3 heterocycles. The van der Waals surface area contributed by atoms with Crippen LogP contribution in [-0.2, 0) is 13.1 Å². The first-order valence-corrected chi connectivity index (χ1v) is 10.6. The predicted molar refractivity (Wildman–Crippen MR) is 128 cm³/mol. The van der Waals surface area contributed by atoms with Gasteiger partial charge in [0.05, 0.1) is 43.1 Å². The topological polar surface area (TPSA) is 57.8 Å². The van der Waals surface area contributed by atoms with Gasteiger partial charge in [0.1, 0.15) is 11.4 Å². The van der Waals surface area contributed by atoms with Crippen molar-refractivity contribution in [1.29, 1.82) is 0 Å². The van der Waals surface area contributed by atoms with Gasteiger partial charge in [0, 0.05) is 23.0 Å². The van der Waals surface area contributed by atoms with E-state index in [0.717, 1.165) is 28.2 Å². The number of pyridine rings is 1. The first kappa shape index (κ1) is 20.0. The molecule has 5 rings (SSSR count). The maximum atomic E-state index is 5.48. The second-order valence-corrected chi connectivity index (χ2v) is 8.07. The Kier molecular flexibility index (Phi) is 5.19. The number of rotatable bonds is 6. The minimum absolute atomic E-state index is 0.612. The lowest BCUT2D eigenvalue weighted by Gasteiger charge is -2.07. The molecule has 0 amide bonds. The van der Waals surface area contributed by atoms with Crippen molar-refractivity contribution in [3.8, 4) is 5.75 Å². The van der Waals surface area contributed by atoms with Crippen LogP contribution in [0.25, 0.3) is 27.9 Å². The van der Waals surface area contributed by atoms with Crippen LogP contribution in [0.15, 0.2) is 72.6 Å². The van der Waals surface area contributed by atoms with Gasteiger partial charge in [-0.3, -0.25) is 4.98 Å². The lowest BCUT2D eigenvalue weighted by atomic mass is 10.1. The third-order valence-corrected chi connectivity index (χ3v) is 5.69. The van der Waals surface area contributed by atoms with Crippen LogP contribution in [0.5, 0.6) is 5.75 Å². The van der Waals surface area contributed by atoms with Gasteiger partial charge in [0.15, 0.2) is 0 Å². The molecule has 0 unspecified atom stereocenters. The van der Waals surface area contributed by atoms with Gasteiger partial charge in [-0.25, -0.2) is 4.68 Å². The van der Waals surface area contributed by atoms with Crippen LogP contribution < -0.4 is 4.74 Å². The number of ether oxygens (including phenoxy) is 1. The minimum Gasteiger partial charge on any atom is -0.497 e. The summed E-state index contributed by atoms with van der Waals surface area (Å²) in [5.41, 5.74) is 6.52. The standard InChI is InChI=1S/C26H25N5O/c1-18(13-20-7-5-4-6-8-20)15-30-16-21(28-29-30)17-31-25-14-22(32-3)9-10-23(25)24-11-12-27-19(2)26(24)31/h4-14,16H,15,17H2,1-3H3/b18-13+. The zero-order chi connectivity index (χ0) is 22.1. The lowest BCUT2D eigenvalue weighted by molar-refractivity contribution is 0.415. The van der Waals surface area contributed by atoms with E-state index in [1.54, 1.807) is 7.11 Å². The fraction of sp³-hybridized carbons (Fsp3) is 0.192. The van der Waals surface area contributed by atoms with Crippen molar-refractivity contribution in [2.24, 2.45) is 0 Å². The Labute approximate surface area is 186 Å². The molecule has 0 radical (unpaired) electrons. The fourth-order valence-corrected chi connectivity index (χ4v) is 4.28. The highest BCUT2D eigenvalue weighted by atomic mass is 16.5. The molecule has 6 nitrogen and oxygen atoms in total. The number of aryl methyl sites for hydroxylation is 1. The Balaban J connectivity index is 1.48. The summed E-state index contributed by atoms with van der Waals surface area (Å²) in [6, 6.07) is 18.6. The largest absolute Gasteiger partial charge is 0.497 e. The molecule has 0 spiro atoms. The maximum Gasteiger partial charge on any atom is 0.120 e. The van der Waals surface area contributed by atoms with E-state index in [0.29, 0.717) is 13.1 Å². The number of allylic oxidation sites excluding steroid dienone is 1. The second-order valence-electron chi connectivity index (χ2n) is 8.07. The lowest BCUT2D eigenvalue weighted by Crippen LogP contribution is -2.02. The average Bonchev–Trinajstić information content (AvgIpc) is 3.37. The van der Waals surface area contributed by atoms with Crippen LogP contribution in [0.1, 0.15) is 23.9 Å². The Morgan fingerprint density at radius 1 is 1.06 bits per heavy atom. The Hall–Kier alpha value is -3.93. The summed E-state index contributed by atoms with van der Waals surface area (Å²) in [5.74, 6) is 0.831. The molecule has 0 N–H and O–H groups in total. The van der Waals surface area contributed by atoms with Crippen LogP contribution >= 0.6 is 0 Å². The summed E-state index contributed by atoms with van der Waals surface area (Å²) in [7, 11) is 1.69. The molecule has 6 heteroatoms.